The van der Waals surface area contributed by atoms with E-state index in [1.165, 1.54) is 4.88 Å². The average Bonchev–Trinajstić information content (AvgIpc) is 3.22. The number of pyridine rings is 1. The summed E-state index contributed by atoms with van der Waals surface area (Å²) in [6, 6.07) is 3.49. The minimum Gasteiger partial charge on any atom is -0.461 e. The van der Waals surface area contributed by atoms with E-state index in [1.54, 1.807) is 35.9 Å². The summed E-state index contributed by atoms with van der Waals surface area (Å²) in [5, 5.41) is 3.56. The van der Waals surface area contributed by atoms with Crippen molar-refractivity contribution >= 4 is 28.3 Å². The normalized spacial score (nSPS) is 35.3. The highest BCUT2D eigenvalue weighted by Crippen LogP contribution is 2.59. The SMILES string of the molecule is C[C@@H]1C(=O)O[C@H]2[C@H]1CC[C@]1(C)Cc3sc(NC(=O)c4cccnc4)nc3[C@@H](C)[C@H]21. The summed E-state index contributed by atoms with van der Waals surface area (Å²) >= 11 is 1.57. The Bertz CT molecular complexity index is 975. The molecule has 1 N–H and O–H groups in total. The lowest BCUT2D eigenvalue weighted by Crippen LogP contribution is -2.50. The Morgan fingerprint density at radius 3 is 2.93 bits per heavy atom. The molecule has 1 amide bonds. The number of esters is 1. The van der Waals surface area contributed by atoms with E-state index in [2.05, 4.69) is 24.1 Å². The molecule has 152 valence electrons. The van der Waals surface area contributed by atoms with E-state index in [0.717, 1.165) is 25.0 Å². The van der Waals surface area contributed by atoms with Crippen LogP contribution in [0.3, 0.4) is 0 Å². The zero-order valence-electron chi connectivity index (χ0n) is 16.8. The van der Waals surface area contributed by atoms with Gasteiger partial charge in [0.25, 0.3) is 5.91 Å². The molecule has 2 aromatic heterocycles. The Balaban J connectivity index is 1.44. The lowest BCUT2D eigenvalue weighted by atomic mass is 9.54. The van der Waals surface area contributed by atoms with E-state index >= 15 is 0 Å². The number of hydrogen-bond acceptors (Lipinski definition) is 6. The molecule has 6 nitrogen and oxygen atoms in total. The van der Waals surface area contributed by atoms with Gasteiger partial charge in [-0.15, -0.1) is 11.3 Å². The molecule has 7 heteroatoms. The number of thiazole rings is 1. The number of carbonyl (C=O) groups is 2. The van der Waals surface area contributed by atoms with Gasteiger partial charge < -0.3 is 4.74 Å². The second-order valence-corrected chi connectivity index (χ2v) is 10.1. The van der Waals surface area contributed by atoms with Gasteiger partial charge in [-0.3, -0.25) is 19.9 Å². The largest absolute Gasteiger partial charge is 0.461 e. The van der Waals surface area contributed by atoms with Crippen LogP contribution in [0.25, 0.3) is 0 Å². The predicted molar refractivity (Wildman–Crippen MR) is 110 cm³/mol. The van der Waals surface area contributed by atoms with Crippen molar-refractivity contribution in [2.24, 2.45) is 23.2 Å². The smallest absolute Gasteiger partial charge is 0.309 e. The molecule has 3 heterocycles. The fourth-order valence-corrected chi connectivity index (χ4v) is 7.06. The second kappa shape index (κ2) is 6.62. The molecular weight excluding hydrogens is 386 g/mol. The third-order valence-corrected chi connectivity index (χ3v) is 8.29. The number of fused-ring (bicyclic) bond motifs is 4. The monoisotopic (exact) mass is 411 g/mol. The molecule has 1 saturated carbocycles. The average molecular weight is 412 g/mol. The Morgan fingerprint density at radius 2 is 2.17 bits per heavy atom. The van der Waals surface area contributed by atoms with Crippen LogP contribution < -0.4 is 5.32 Å². The van der Waals surface area contributed by atoms with Crippen molar-refractivity contribution in [2.75, 3.05) is 5.32 Å². The van der Waals surface area contributed by atoms with E-state index in [0.29, 0.717) is 16.6 Å². The second-order valence-electron chi connectivity index (χ2n) is 9.06. The number of nitrogens with one attached hydrogen (secondary N) is 1. The molecule has 1 aliphatic heterocycles. The van der Waals surface area contributed by atoms with Gasteiger partial charge in [0.15, 0.2) is 5.13 Å². The number of rotatable bonds is 2. The van der Waals surface area contributed by atoms with Gasteiger partial charge in [-0.2, -0.15) is 0 Å². The highest BCUT2D eigenvalue weighted by Gasteiger charge is 2.58. The van der Waals surface area contributed by atoms with Gasteiger partial charge in [0.2, 0.25) is 0 Å². The topological polar surface area (TPSA) is 81.2 Å². The third-order valence-electron chi connectivity index (χ3n) is 7.30. The molecule has 0 unspecified atom stereocenters. The summed E-state index contributed by atoms with van der Waals surface area (Å²) in [5.41, 5.74) is 1.66. The van der Waals surface area contributed by atoms with Crippen LogP contribution in [0.2, 0.25) is 0 Å². The van der Waals surface area contributed by atoms with E-state index < -0.39 is 0 Å². The maximum Gasteiger partial charge on any atom is 0.309 e. The zero-order chi connectivity index (χ0) is 20.3. The molecule has 0 spiro atoms. The van der Waals surface area contributed by atoms with Crippen LogP contribution in [-0.4, -0.2) is 27.9 Å². The maximum absolute atomic E-state index is 12.5. The van der Waals surface area contributed by atoms with Crippen LogP contribution in [0.4, 0.5) is 5.13 Å². The van der Waals surface area contributed by atoms with Crippen molar-refractivity contribution in [3.05, 3.63) is 40.7 Å². The molecule has 6 atom stereocenters. The molecule has 5 rings (SSSR count). The Labute approximate surface area is 174 Å². The number of anilines is 1. The predicted octanol–water partition coefficient (Wildman–Crippen LogP) is 4.04. The van der Waals surface area contributed by atoms with Crippen LogP contribution in [0, 0.1) is 23.2 Å². The first-order chi connectivity index (χ1) is 13.9. The summed E-state index contributed by atoms with van der Waals surface area (Å²) < 4.78 is 5.89. The molecule has 0 aromatic carbocycles. The molecule has 29 heavy (non-hydrogen) atoms. The minimum absolute atomic E-state index is 0.0112. The summed E-state index contributed by atoms with van der Waals surface area (Å²) in [4.78, 5) is 34.8. The van der Waals surface area contributed by atoms with Crippen molar-refractivity contribution < 1.29 is 14.3 Å². The van der Waals surface area contributed by atoms with E-state index in [9.17, 15) is 9.59 Å². The third kappa shape index (κ3) is 2.89. The molecule has 1 saturated heterocycles. The van der Waals surface area contributed by atoms with Crippen molar-refractivity contribution in [1.82, 2.24) is 9.97 Å². The fourth-order valence-electron chi connectivity index (χ4n) is 5.80. The first-order valence-corrected chi connectivity index (χ1v) is 11.1. The van der Waals surface area contributed by atoms with Gasteiger partial charge in [-0.1, -0.05) is 20.8 Å². The molecule has 2 aromatic rings. The molecule has 0 bridgehead atoms. The van der Waals surface area contributed by atoms with Gasteiger partial charge in [0.1, 0.15) is 6.10 Å². The van der Waals surface area contributed by atoms with Gasteiger partial charge in [0, 0.05) is 35.0 Å². The number of amides is 1. The lowest BCUT2D eigenvalue weighted by Gasteiger charge is -2.51. The Morgan fingerprint density at radius 1 is 1.34 bits per heavy atom. The molecule has 2 fully saturated rings. The highest BCUT2D eigenvalue weighted by atomic mass is 32.1. The van der Waals surface area contributed by atoms with E-state index in [4.69, 9.17) is 9.72 Å². The number of aromatic nitrogens is 2. The van der Waals surface area contributed by atoms with E-state index in [1.807, 2.05) is 6.92 Å². The first kappa shape index (κ1) is 18.7. The van der Waals surface area contributed by atoms with Gasteiger partial charge in [-0.25, -0.2) is 4.98 Å². The summed E-state index contributed by atoms with van der Waals surface area (Å²) in [5.74, 6) is 0.515. The quantitative estimate of drug-likeness (QED) is 0.754. The van der Waals surface area contributed by atoms with Crippen LogP contribution in [0.5, 0.6) is 0 Å². The summed E-state index contributed by atoms with van der Waals surface area (Å²) in [6.07, 6.45) is 6.24. The fraction of sp³-hybridized carbons (Fsp3) is 0.545. The Hall–Kier alpha value is -2.28. The van der Waals surface area contributed by atoms with Crippen LogP contribution >= 0.6 is 11.3 Å². The number of hydrogen-bond donors (Lipinski definition) is 1. The van der Waals surface area contributed by atoms with Gasteiger partial charge >= 0.3 is 5.97 Å². The lowest BCUT2D eigenvalue weighted by molar-refractivity contribution is -0.149. The Kier molecular flexibility index (Phi) is 4.28. The van der Waals surface area contributed by atoms with Crippen molar-refractivity contribution in [1.29, 1.82) is 0 Å². The molecular formula is C22H25N3O3S. The van der Waals surface area contributed by atoms with Crippen molar-refractivity contribution in [2.45, 2.75) is 52.1 Å². The summed E-state index contributed by atoms with van der Waals surface area (Å²) in [7, 11) is 0. The first-order valence-electron chi connectivity index (χ1n) is 10.3. The number of carbonyl (C=O) groups excluding carboxylic acids is 2. The molecule has 3 aliphatic rings. The highest BCUT2D eigenvalue weighted by molar-refractivity contribution is 7.15. The van der Waals surface area contributed by atoms with Crippen LogP contribution in [0.1, 0.15) is 60.5 Å². The molecule has 2 aliphatic carbocycles. The van der Waals surface area contributed by atoms with Gasteiger partial charge in [-0.05, 0) is 36.8 Å². The van der Waals surface area contributed by atoms with Crippen LogP contribution in [-0.2, 0) is 16.0 Å². The van der Waals surface area contributed by atoms with Crippen molar-refractivity contribution in [3.63, 3.8) is 0 Å². The molecule has 0 radical (unpaired) electrons. The summed E-state index contributed by atoms with van der Waals surface area (Å²) in [6.45, 7) is 6.54. The maximum atomic E-state index is 12.5. The standard InChI is InChI=1S/C22H25N3O3S/c1-11-14-6-7-22(3)9-15-17(12(2)16(22)18(14)28-20(11)27)24-21(29-15)25-19(26)13-5-4-8-23-10-13/h4-5,8,10-12,14,16,18H,6-7,9H2,1-3H3,(H,24,25,26)/t11-,12-,14-,16+,18-,22+/m0/s1. The van der Waals surface area contributed by atoms with Crippen molar-refractivity contribution in [3.8, 4) is 0 Å². The van der Waals surface area contributed by atoms with E-state index in [-0.39, 0.29) is 41.1 Å². The zero-order valence-corrected chi connectivity index (χ0v) is 17.7. The van der Waals surface area contributed by atoms with Gasteiger partial charge in [0.05, 0.1) is 17.2 Å². The minimum atomic E-state index is -0.195. The number of ether oxygens (including phenoxy) is 1. The number of nitrogens with zero attached hydrogens (tertiary/aromatic N) is 2. The van der Waals surface area contributed by atoms with Crippen LogP contribution in [0.15, 0.2) is 24.5 Å².